The van der Waals surface area contributed by atoms with E-state index in [4.69, 9.17) is 4.74 Å². The lowest BCUT2D eigenvalue weighted by Gasteiger charge is -2.14. The number of carbonyl (C=O) groups excluding carboxylic acids is 3. The molecule has 11 heteroatoms. The van der Waals surface area contributed by atoms with Gasteiger partial charge in [0.05, 0.1) is 30.7 Å². The molecule has 1 aliphatic heterocycles. The van der Waals surface area contributed by atoms with Gasteiger partial charge >= 0.3 is 6.09 Å². The highest BCUT2D eigenvalue weighted by Crippen LogP contribution is 2.29. The highest BCUT2D eigenvalue weighted by molar-refractivity contribution is 6.03. The Labute approximate surface area is 204 Å². The van der Waals surface area contributed by atoms with Crippen LogP contribution in [0.15, 0.2) is 67.3 Å². The number of ether oxygens (including phenoxy) is 1. The average molecular weight is 488 g/mol. The van der Waals surface area contributed by atoms with E-state index >= 15 is 4.39 Å². The van der Waals surface area contributed by atoms with Crippen LogP contribution in [0.1, 0.15) is 17.4 Å². The van der Waals surface area contributed by atoms with Crippen molar-refractivity contribution in [3.05, 3.63) is 78.8 Å². The maximum absolute atomic E-state index is 15.1. The number of fused-ring (bicyclic) bond motifs is 1. The monoisotopic (exact) mass is 488 g/mol. The number of benzene rings is 1. The number of aromatic nitrogens is 3. The van der Waals surface area contributed by atoms with E-state index in [1.165, 1.54) is 24.1 Å². The average Bonchev–Trinajstić information content (AvgIpc) is 3.46. The smallest absolute Gasteiger partial charge is 0.414 e. The van der Waals surface area contributed by atoms with Gasteiger partial charge in [0.15, 0.2) is 0 Å². The molecular weight excluding hydrogens is 467 g/mol. The van der Waals surface area contributed by atoms with Crippen molar-refractivity contribution in [1.82, 2.24) is 19.7 Å². The number of rotatable bonds is 6. The molecule has 3 amide bonds. The topological polar surface area (TPSA) is 118 Å². The van der Waals surface area contributed by atoms with Gasteiger partial charge in [-0.3, -0.25) is 19.5 Å². The maximum Gasteiger partial charge on any atom is 0.414 e. The first-order valence-electron chi connectivity index (χ1n) is 11.1. The second kappa shape index (κ2) is 9.45. The van der Waals surface area contributed by atoms with E-state index in [-0.39, 0.29) is 24.7 Å². The molecule has 36 heavy (non-hydrogen) atoms. The fraction of sp³-hybridized carbons (Fsp3) is 0.160. The van der Waals surface area contributed by atoms with Crippen LogP contribution in [0.25, 0.3) is 16.8 Å². The van der Waals surface area contributed by atoms with Crippen molar-refractivity contribution in [1.29, 1.82) is 0 Å². The molecule has 4 heterocycles. The summed E-state index contributed by atoms with van der Waals surface area (Å²) in [5.74, 6) is -1.14. The van der Waals surface area contributed by atoms with Crippen LogP contribution in [-0.4, -0.2) is 51.5 Å². The van der Waals surface area contributed by atoms with Crippen molar-refractivity contribution in [2.24, 2.45) is 0 Å². The van der Waals surface area contributed by atoms with Gasteiger partial charge in [0, 0.05) is 36.6 Å². The maximum atomic E-state index is 15.1. The fourth-order valence-electron chi connectivity index (χ4n) is 3.89. The van der Waals surface area contributed by atoms with Crippen LogP contribution in [0, 0.1) is 5.82 Å². The molecule has 1 atom stereocenters. The summed E-state index contributed by atoms with van der Waals surface area (Å²) in [6.45, 7) is 1.76. The van der Waals surface area contributed by atoms with Crippen LogP contribution in [0.2, 0.25) is 0 Å². The molecule has 0 unspecified atom stereocenters. The summed E-state index contributed by atoms with van der Waals surface area (Å²) in [7, 11) is 0. The molecular formula is C25H21FN6O4. The number of carbonyl (C=O) groups is 3. The van der Waals surface area contributed by atoms with E-state index in [1.807, 2.05) is 0 Å². The molecule has 0 radical (unpaired) electrons. The third kappa shape index (κ3) is 4.71. The Morgan fingerprint density at radius 1 is 1.19 bits per heavy atom. The normalized spacial score (nSPS) is 15.1. The first kappa shape index (κ1) is 23.0. The lowest BCUT2D eigenvalue weighted by atomic mass is 10.1. The first-order valence-corrected chi connectivity index (χ1v) is 11.1. The summed E-state index contributed by atoms with van der Waals surface area (Å²) in [6.07, 6.45) is 5.26. The van der Waals surface area contributed by atoms with E-state index < -0.39 is 23.9 Å². The number of hydrogen-bond donors (Lipinski definition) is 2. The quantitative estimate of drug-likeness (QED) is 0.430. The Kier molecular flexibility index (Phi) is 6.03. The number of nitrogens with one attached hydrogen (secondary N) is 2. The molecule has 1 fully saturated rings. The van der Waals surface area contributed by atoms with Crippen molar-refractivity contribution in [3.63, 3.8) is 0 Å². The molecule has 0 aliphatic carbocycles. The number of cyclic esters (lactones) is 1. The summed E-state index contributed by atoms with van der Waals surface area (Å²) in [5, 5.41) is 5.33. The summed E-state index contributed by atoms with van der Waals surface area (Å²) in [5.41, 5.74) is 2.51. The number of amides is 3. The lowest BCUT2D eigenvalue weighted by molar-refractivity contribution is -0.119. The predicted molar refractivity (Wildman–Crippen MR) is 129 cm³/mol. The summed E-state index contributed by atoms with van der Waals surface area (Å²) < 4.78 is 22.0. The summed E-state index contributed by atoms with van der Waals surface area (Å²) >= 11 is 0. The molecule has 5 rings (SSSR count). The predicted octanol–water partition coefficient (Wildman–Crippen LogP) is 3.25. The van der Waals surface area contributed by atoms with Crippen molar-refractivity contribution >= 4 is 34.9 Å². The van der Waals surface area contributed by atoms with E-state index in [9.17, 15) is 14.4 Å². The highest BCUT2D eigenvalue weighted by atomic mass is 19.1. The van der Waals surface area contributed by atoms with E-state index in [0.717, 1.165) is 0 Å². The molecule has 0 saturated carbocycles. The molecule has 1 saturated heterocycles. The van der Waals surface area contributed by atoms with E-state index in [0.29, 0.717) is 28.1 Å². The second-order valence-electron chi connectivity index (χ2n) is 8.22. The zero-order valence-corrected chi connectivity index (χ0v) is 19.1. The fourth-order valence-corrected chi connectivity index (χ4v) is 3.89. The zero-order chi connectivity index (χ0) is 25.2. The number of pyridine rings is 2. The number of halogens is 1. The van der Waals surface area contributed by atoms with Gasteiger partial charge in [-0.05, 0) is 42.5 Å². The minimum Gasteiger partial charge on any atom is -0.442 e. The number of anilines is 2. The van der Waals surface area contributed by atoms with Gasteiger partial charge in [-0.2, -0.15) is 0 Å². The van der Waals surface area contributed by atoms with Gasteiger partial charge in [-0.25, -0.2) is 14.2 Å². The SMILES string of the molecule is CC(=O)NC[C@H]1CN(c2ccc(-c3ccc4nc(C(=O)Nc5cccnc5)cn4c3)c(F)c2)C(=O)O1. The molecule has 1 aromatic carbocycles. The molecule has 4 aromatic rings. The van der Waals surface area contributed by atoms with Gasteiger partial charge in [0.25, 0.3) is 5.91 Å². The van der Waals surface area contributed by atoms with Crippen LogP contribution in [0.3, 0.4) is 0 Å². The zero-order valence-electron chi connectivity index (χ0n) is 19.1. The highest BCUT2D eigenvalue weighted by Gasteiger charge is 2.32. The molecule has 3 aromatic heterocycles. The van der Waals surface area contributed by atoms with Crippen LogP contribution >= 0.6 is 0 Å². The molecule has 0 bridgehead atoms. The van der Waals surface area contributed by atoms with Gasteiger partial charge in [0.1, 0.15) is 23.3 Å². The summed E-state index contributed by atoms with van der Waals surface area (Å²) in [6, 6.07) is 11.3. The minimum absolute atomic E-state index is 0.186. The Morgan fingerprint density at radius 3 is 2.81 bits per heavy atom. The third-order valence-electron chi connectivity index (χ3n) is 5.63. The van der Waals surface area contributed by atoms with Crippen LogP contribution in [0.4, 0.5) is 20.6 Å². The Morgan fingerprint density at radius 2 is 2.06 bits per heavy atom. The standard InChI is InChI=1S/C25H21FN6O4/c1-15(33)28-11-19-13-32(25(35)36-19)18-5-6-20(21(26)9-18)16-4-7-23-30-22(14-31(23)12-16)24(34)29-17-3-2-8-27-10-17/h2-10,12,14,19H,11,13H2,1H3,(H,28,33)(H,29,34)/t19-/m0/s1. The van der Waals surface area contributed by atoms with Crippen molar-refractivity contribution in [2.45, 2.75) is 13.0 Å². The Bertz CT molecular complexity index is 1470. The lowest BCUT2D eigenvalue weighted by Crippen LogP contribution is -2.33. The van der Waals surface area contributed by atoms with Crippen LogP contribution in [-0.2, 0) is 9.53 Å². The molecule has 1 aliphatic rings. The number of imidazole rings is 1. The number of nitrogens with zero attached hydrogens (tertiary/aromatic N) is 4. The van der Waals surface area contributed by atoms with Gasteiger partial charge in [-0.1, -0.05) is 0 Å². The third-order valence-corrected chi connectivity index (χ3v) is 5.63. The Hall–Kier alpha value is -4.80. The largest absolute Gasteiger partial charge is 0.442 e. The molecule has 10 nitrogen and oxygen atoms in total. The van der Waals surface area contributed by atoms with Crippen LogP contribution in [0.5, 0.6) is 0 Å². The second-order valence-corrected chi connectivity index (χ2v) is 8.22. The molecule has 0 spiro atoms. The molecule has 182 valence electrons. The van der Waals surface area contributed by atoms with Gasteiger partial charge in [-0.15, -0.1) is 0 Å². The van der Waals surface area contributed by atoms with E-state index in [2.05, 4.69) is 20.6 Å². The molecule has 2 N–H and O–H groups in total. The van der Waals surface area contributed by atoms with Gasteiger partial charge in [0.2, 0.25) is 5.91 Å². The van der Waals surface area contributed by atoms with Crippen LogP contribution < -0.4 is 15.5 Å². The Balaban J connectivity index is 1.34. The first-order chi connectivity index (χ1) is 17.4. The van der Waals surface area contributed by atoms with Crippen molar-refractivity contribution in [2.75, 3.05) is 23.3 Å². The summed E-state index contributed by atoms with van der Waals surface area (Å²) in [4.78, 5) is 45.5. The van der Waals surface area contributed by atoms with Gasteiger partial charge < -0.3 is 19.8 Å². The minimum atomic E-state index is -0.602. The van der Waals surface area contributed by atoms with Crippen molar-refractivity contribution < 1.29 is 23.5 Å². The van der Waals surface area contributed by atoms with Crippen molar-refractivity contribution in [3.8, 4) is 11.1 Å². The van der Waals surface area contributed by atoms with E-state index in [1.54, 1.807) is 59.4 Å². The number of hydrogen-bond acceptors (Lipinski definition) is 6.